The molecular weight excluding hydrogens is 323 g/mol. The SMILES string of the molecule is CC(O)(C(=O)Nc1ccc([C@@H](O)c2ccccc2)cc1)C(F)(F)F. The van der Waals surface area contributed by atoms with Crippen LogP contribution in [-0.4, -0.2) is 27.9 Å². The molecule has 0 aliphatic rings. The van der Waals surface area contributed by atoms with Gasteiger partial charge in [-0.15, -0.1) is 0 Å². The first-order valence-electron chi connectivity index (χ1n) is 7.06. The van der Waals surface area contributed by atoms with E-state index in [4.69, 9.17) is 0 Å². The molecule has 0 saturated carbocycles. The van der Waals surface area contributed by atoms with Crippen LogP contribution in [0.15, 0.2) is 54.6 Å². The molecule has 0 aliphatic carbocycles. The van der Waals surface area contributed by atoms with Gasteiger partial charge in [0.05, 0.1) is 0 Å². The van der Waals surface area contributed by atoms with Crippen molar-refractivity contribution in [2.45, 2.75) is 24.8 Å². The molecular formula is C17H16F3NO3. The number of hydrogen-bond acceptors (Lipinski definition) is 3. The molecule has 0 heterocycles. The molecule has 0 bridgehead atoms. The maximum Gasteiger partial charge on any atom is 0.426 e. The van der Waals surface area contributed by atoms with Gasteiger partial charge in [-0.05, 0) is 30.2 Å². The zero-order valence-electron chi connectivity index (χ0n) is 12.7. The average Bonchev–Trinajstić information content (AvgIpc) is 2.54. The third-order valence-corrected chi connectivity index (χ3v) is 3.59. The maximum atomic E-state index is 12.6. The van der Waals surface area contributed by atoms with Crippen molar-refractivity contribution in [2.75, 3.05) is 5.32 Å². The van der Waals surface area contributed by atoms with E-state index in [9.17, 15) is 28.2 Å². The summed E-state index contributed by atoms with van der Waals surface area (Å²) in [6, 6.07) is 14.5. The Kier molecular flexibility index (Phi) is 4.96. The van der Waals surface area contributed by atoms with Gasteiger partial charge in [0, 0.05) is 5.69 Å². The van der Waals surface area contributed by atoms with Crippen molar-refractivity contribution in [3.8, 4) is 0 Å². The van der Waals surface area contributed by atoms with Crippen LogP contribution < -0.4 is 5.32 Å². The van der Waals surface area contributed by atoms with E-state index in [1.54, 1.807) is 30.3 Å². The number of rotatable bonds is 4. The lowest BCUT2D eigenvalue weighted by Crippen LogP contribution is -2.52. The topological polar surface area (TPSA) is 69.6 Å². The van der Waals surface area contributed by atoms with Gasteiger partial charge < -0.3 is 15.5 Å². The summed E-state index contributed by atoms with van der Waals surface area (Å²) in [5.41, 5.74) is -2.24. The Balaban J connectivity index is 2.12. The number of hydrogen-bond donors (Lipinski definition) is 3. The Bertz CT molecular complexity index is 697. The van der Waals surface area contributed by atoms with Crippen molar-refractivity contribution >= 4 is 11.6 Å². The van der Waals surface area contributed by atoms with Gasteiger partial charge in [0.15, 0.2) is 0 Å². The van der Waals surface area contributed by atoms with Crippen molar-refractivity contribution in [1.82, 2.24) is 0 Å². The van der Waals surface area contributed by atoms with Crippen LogP contribution in [0.4, 0.5) is 18.9 Å². The summed E-state index contributed by atoms with van der Waals surface area (Å²) in [6.45, 7) is 0.385. The van der Waals surface area contributed by atoms with Crippen molar-refractivity contribution in [3.63, 3.8) is 0 Å². The summed E-state index contributed by atoms with van der Waals surface area (Å²) in [5.74, 6) is -1.58. The van der Waals surface area contributed by atoms with Crippen LogP contribution >= 0.6 is 0 Å². The number of benzene rings is 2. The van der Waals surface area contributed by atoms with Gasteiger partial charge in [-0.25, -0.2) is 0 Å². The number of amides is 1. The molecule has 4 nitrogen and oxygen atoms in total. The molecule has 2 aromatic rings. The van der Waals surface area contributed by atoms with Gasteiger partial charge in [0.2, 0.25) is 5.60 Å². The summed E-state index contributed by atoms with van der Waals surface area (Å²) >= 11 is 0. The Labute approximate surface area is 136 Å². The van der Waals surface area contributed by atoms with E-state index < -0.39 is 23.8 Å². The zero-order valence-corrected chi connectivity index (χ0v) is 12.7. The Hall–Kier alpha value is -2.38. The molecule has 0 radical (unpaired) electrons. The average molecular weight is 339 g/mol. The van der Waals surface area contributed by atoms with E-state index >= 15 is 0 Å². The molecule has 2 aromatic carbocycles. The molecule has 0 spiro atoms. The summed E-state index contributed by atoms with van der Waals surface area (Å²) in [5, 5.41) is 21.5. The van der Waals surface area contributed by atoms with Crippen LogP contribution in [0.25, 0.3) is 0 Å². The van der Waals surface area contributed by atoms with Gasteiger partial charge in [-0.3, -0.25) is 4.79 Å². The normalized spacial score (nSPS) is 15.4. The molecule has 0 saturated heterocycles. The highest BCUT2D eigenvalue weighted by molar-refractivity contribution is 5.97. The van der Waals surface area contributed by atoms with Crippen molar-refractivity contribution < 1.29 is 28.2 Å². The van der Waals surface area contributed by atoms with Crippen molar-refractivity contribution in [1.29, 1.82) is 0 Å². The van der Waals surface area contributed by atoms with Crippen molar-refractivity contribution in [3.05, 3.63) is 65.7 Å². The fourth-order valence-electron chi connectivity index (χ4n) is 1.96. The smallest absolute Gasteiger partial charge is 0.384 e. The first-order valence-corrected chi connectivity index (χ1v) is 7.06. The first-order chi connectivity index (χ1) is 11.1. The molecule has 3 N–H and O–H groups in total. The molecule has 1 unspecified atom stereocenters. The molecule has 7 heteroatoms. The van der Waals surface area contributed by atoms with Crippen molar-refractivity contribution in [2.24, 2.45) is 0 Å². The molecule has 0 aromatic heterocycles. The van der Waals surface area contributed by atoms with Gasteiger partial charge in [0.1, 0.15) is 6.10 Å². The summed E-state index contributed by atoms with van der Waals surface area (Å²) < 4.78 is 37.8. The molecule has 24 heavy (non-hydrogen) atoms. The number of aliphatic hydroxyl groups excluding tert-OH is 1. The minimum Gasteiger partial charge on any atom is -0.384 e. The third kappa shape index (κ3) is 3.74. The highest BCUT2D eigenvalue weighted by Gasteiger charge is 2.55. The Morgan fingerprint density at radius 1 is 1.00 bits per heavy atom. The van der Waals surface area contributed by atoms with Crippen LogP contribution in [0.5, 0.6) is 0 Å². The summed E-state index contributed by atoms with van der Waals surface area (Å²) in [7, 11) is 0. The predicted molar refractivity (Wildman–Crippen MR) is 82.3 cm³/mol. The Morgan fingerprint density at radius 2 is 1.50 bits per heavy atom. The van der Waals surface area contributed by atoms with Crippen LogP contribution in [0.3, 0.4) is 0 Å². The van der Waals surface area contributed by atoms with E-state index in [0.717, 1.165) is 0 Å². The number of aliphatic hydroxyl groups is 2. The highest BCUT2D eigenvalue weighted by atomic mass is 19.4. The largest absolute Gasteiger partial charge is 0.426 e. The van der Waals surface area contributed by atoms with E-state index in [2.05, 4.69) is 0 Å². The quantitative estimate of drug-likeness (QED) is 0.802. The molecule has 2 rings (SSSR count). The fourth-order valence-corrected chi connectivity index (χ4v) is 1.96. The van der Waals surface area contributed by atoms with Gasteiger partial charge in [-0.2, -0.15) is 13.2 Å². The number of halogens is 3. The predicted octanol–water partition coefficient (Wildman–Crippen LogP) is 3.02. The van der Waals surface area contributed by atoms with E-state index in [-0.39, 0.29) is 5.69 Å². The third-order valence-electron chi connectivity index (χ3n) is 3.59. The fraction of sp³-hybridized carbons (Fsp3) is 0.235. The summed E-state index contributed by atoms with van der Waals surface area (Å²) in [4.78, 5) is 11.6. The molecule has 2 atom stereocenters. The van der Waals surface area contributed by atoms with Crippen LogP contribution in [0, 0.1) is 0 Å². The highest BCUT2D eigenvalue weighted by Crippen LogP contribution is 2.31. The second-order valence-electron chi connectivity index (χ2n) is 5.46. The van der Waals surface area contributed by atoms with Gasteiger partial charge in [0.25, 0.3) is 5.91 Å². The minimum atomic E-state index is -5.08. The standard InChI is InChI=1S/C17H16F3NO3/c1-16(24,17(18,19)20)15(23)21-13-9-7-12(8-10-13)14(22)11-5-3-2-4-6-11/h2-10,14,22,24H,1H3,(H,21,23)/t14-,16?/m0/s1. The second-order valence-corrected chi connectivity index (χ2v) is 5.46. The molecule has 0 aliphatic heterocycles. The van der Waals surface area contributed by atoms with Gasteiger partial charge in [-0.1, -0.05) is 42.5 Å². The molecule has 1 amide bonds. The van der Waals surface area contributed by atoms with Crippen LogP contribution in [-0.2, 0) is 4.79 Å². The maximum absolute atomic E-state index is 12.6. The number of carbonyl (C=O) groups excluding carboxylic acids is 1. The number of anilines is 1. The van der Waals surface area contributed by atoms with E-state index in [0.29, 0.717) is 18.1 Å². The number of nitrogens with one attached hydrogen (secondary N) is 1. The molecule has 128 valence electrons. The number of alkyl halides is 3. The van der Waals surface area contributed by atoms with E-state index in [1.165, 1.54) is 24.3 Å². The van der Waals surface area contributed by atoms with Gasteiger partial charge >= 0.3 is 6.18 Å². The van der Waals surface area contributed by atoms with Crippen LogP contribution in [0.2, 0.25) is 0 Å². The number of carbonyl (C=O) groups is 1. The Morgan fingerprint density at radius 3 is 2.00 bits per heavy atom. The monoisotopic (exact) mass is 339 g/mol. The first kappa shape index (κ1) is 18.0. The van der Waals surface area contributed by atoms with Crippen LogP contribution in [0.1, 0.15) is 24.2 Å². The lowest BCUT2D eigenvalue weighted by Gasteiger charge is -2.24. The second kappa shape index (κ2) is 6.62. The molecule has 0 fully saturated rings. The lowest BCUT2D eigenvalue weighted by atomic mass is 10.0. The zero-order chi connectivity index (χ0) is 18.0. The summed E-state index contributed by atoms with van der Waals surface area (Å²) in [6.07, 6.45) is -5.98. The van der Waals surface area contributed by atoms with E-state index in [1.807, 2.05) is 5.32 Å². The lowest BCUT2D eigenvalue weighted by molar-refractivity contribution is -0.242. The minimum absolute atomic E-state index is 0.0773.